The summed E-state index contributed by atoms with van der Waals surface area (Å²) in [5.74, 6) is -1.95. The van der Waals surface area contributed by atoms with Gasteiger partial charge in [0.15, 0.2) is 0 Å². The van der Waals surface area contributed by atoms with E-state index in [1.54, 1.807) is 0 Å². The van der Waals surface area contributed by atoms with E-state index in [-0.39, 0.29) is 17.0 Å². The number of halogens is 1. The summed E-state index contributed by atoms with van der Waals surface area (Å²) in [5.41, 5.74) is 0.146. The Bertz CT molecular complexity index is 704. The predicted molar refractivity (Wildman–Crippen MR) is 77.2 cm³/mol. The molecule has 0 aliphatic carbocycles. The van der Waals surface area contributed by atoms with E-state index in [4.69, 9.17) is 10.2 Å². The van der Waals surface area contributed by atoms with E-state index >= 15 is 0 Å². The van der Waals surface area contributed by atoms with Gasteiger partial charge in [0, 0.05) is 17.6 Å². The number of benzene rings is 1. The Hall–Kier alpha value is -1.45. The van der Waals surface area contributed by atoms with Gasteiger partial charge in [0.1, 0.15) is 0 Å². The number of carboxylic acid groups (broad SMARTS) is 1. The Morgan fingerprint density at radius 1 is 1.38 bits per heavy atom. The summed E-state index contributed by atoms with van der Waals surface area (Å²) in [6, 6.07) is 3.91. The van der Waals surface area contributed by atoms with Crippen molar-refractivity contribution >= 4 is 37.8 Å². The first-order valence-electron chi connectivity index (χ1n) is 6.04. The minimum Gasteiger partial charge on any atom is -0.481 e. The SMILES string of the molecule is NS(=O)(=O)c1ccc(Br)c(C(=O)N2CCC(C(=O)O)C2)c1. The molecule has 114 valence electrons. The molecule has 3 N–H and O–H groups in total. The minimum absolute atomic E-state index is 0.111. The summed E-state index contributed by atoms with van der Waals surface area (Å²) in [5, 5.41) is 14.0. The average molecular weight is 377 g/mol. The van der Waals surface area contributed by atoms with Crippen molar-refractivity contribution < 1.29 is 23.1 Å². The number of sulfonamides is 1. The lowest BCUT2D eigenvalue weighted by Crippen LogP contribution is -2.30. The lowest BCUT2D eigenvalue weighted by atomic mass is 10.1. The Morgan fingerprint density at radius 2 is 2.05 bits per heavy atom. The fourth-order valence-electron chi connectivity index (χ4n) is 2.16. The third kappa shape index (κ3) is 3.42. The fraction of sp³-hybridized carbons (Fsp3) is 0.333. The van der Waals surface area contributed by atoms with Crippen LogP contribution in [0.5, 0.6) is 0 Å². The summed E-state index contributed by atoms with van der Waals surface area (Å²) in [6.07, 6.45) is 0.383. The molecule has 1 atom stereocenters. The Labute approximate surface area is 129 Å². The van der Waals surface area contributed by atoms with Crippen molar-refractivity contribution in [3.63, 3.8) is 0 Å². The van der Waals surface area contributed by atoms with Crippen LogP contribution in [0.1, 0.15) is 16.8 Å². The largest absolute Gasteiger partial charge is 0.481 e. The van der Waals surface area contributed by atoms with Crippen LogP contribution >= 0.6 is 15.9 Å². The molecule has 1 aliphatic rings. The number of nitrogens with two attached hydrogens (primary N) is 1. The van der Waals surface area contributed by atoms with Gasteiger partial charge in [-0.15, -0.1) is 0 Å². The first-order chi connectivity index (χ1) is 9.70. The minimum atomic E-state index is -3.91. The molecule has 0 bridgehead atoms. The van der Waals surface area contributed by atoms with Gasteiger partial charge in [0.05, 0.1) is 16.4 Å². The summed E-state index contributed by atoms with van der Waals surface area (Å²) < 4.78 is 23.1. The molecule has 0 saturated carbocycles. The second kappa shape index (κ2) is 5.74. The van der Waals surface area contributed by atoms with Crippen LogP contribution in [0, 0.1) is 5.92 Å². The van der Waals surface area contributed by atoms with Crippen LogP contribution in [0.15, 0.2) is 27.6 Å². The molecule has 1 amide bonds. The molecular formula is C12H13BrN2O5S. The first kappa shape index (κ1) is 15.9. The van der Waals surface area contributed by atoms with Gasteiger partial charge in [-0.25, -0.2) is 13.6 Å². The predicted octanol–water partition coefficient (Wildman–Crippen LogP) is 0.643. The molecule has 1 saturated heterocycles. The maximum absolute atomic E-state index is 12.4. The van der Waals surface area contributed by atoms with E-state index in [1.165, 1.54) is 23.1 Å². The van der Waals surface area contributed by atoms with Crippen LogP contribution in [0.4, 0.5) is 0 Å². The molecule has 21 heavy (non-hydrogen) atoms. The first-order valence-corrected chi connectivity index (χ1v) is 8.38. The van der Waals surface area contributed by atoms with E-state index in [0.717, 1.165) is 0 Å². The molecule has 1 heterocycles. The molecule has 0 spiro atoms. The van der Waals surface area contributed by atoms with Crippen molar-refractivity contribution in [3.05, 3.63) is 28.2 Å². The van der Waals surface area contributed by atoms with Crippen molar-refractivity contribution in [2.45, 2.75) is 11.3 Å². The number of hydrogen-bond donors (Lipinski definition) is 2. The molecule has 9 heteroatoms. The van der Waals surface area contributed by atoms with Crippen molar-refractivity contribution in [1.29, 1.82) is 0 Å². The molecule has 1 aromatic carbocycles. The van der Waals surface area contributed by atoms with Crippen LogP contribution < -0.4 is 5.14 Å². The van der Waals surface area contributed by atoms with Crippen molar-refractivity contribution in [1.82, 2.24) is 4.90 Å². The number of primary sulfonamides is 1. The molecule has 1 fully saturated rings. The fourth-order valence-corrected chi connectivity index (χ4v) is 3.12. The normalized spacial score (nSPS) is 18.8. The highest BCUT2D eigenvalue weighted by atomic mass is 79.9. The molecule has 0 radical (unpaired) electrons. The van der Waals surface area contributed by atoms with Crippen LogP contribution in [-0.4, -0.2) is 43.4 Å². The second-order valence-electron chi connectivity index (χ2n) is 4.76. The Balaban J connectivity index is 2.30. The van der Waals surface area contributed by atoms with Crippen molar-refractivity contribution in [2.24, 2.45) is 11.1 Å². The monoisotopic (exact) mass is 376 g/mol. The van der Waals surface area contributed by atoms with Crippen molar-refractivity contribution in [3.8, 4) is 0 Å². The Kier molecular flexibility index (Phi) is 4.35. The topological polar surface area (TPSA) is 118 Å². The van der Waals surface area contributed by atoms with Crippen LogP contribution in [-0.2, 0) is 14.8 Å². The number of nitrogens with zero attached hydrogens (tertiary/aromatic N) is 1. The number of aliphatic carboxylic acids is 1. The van der Waals surface area contributed by atoms with E-state index in [0.29, 0.717) is 17.4 Å². The smallest absolute Gasteiger partial charge is 0.308 e. The summed E-state index contributed by atoms with van der Waals surface area (Å²) in [7, 11) is -3.91. The van der Waals surface area contributed by atoms with E-state index < -0.39 is 27.8 Å². The molecule has 0 aromatic heterocycles. The lowest BCUT2D eigenvalue weighted by molar-refractivity contribution is -0.141. The van der Waals surface area contributed by atoms with Gasteiger partial charge in [0.25, 0.3) is 5.91 Å². The maximum atomic E-state index is 12.4. The number of amides is 1. The maximum Gasteiger partial charge on any atom is 0.308 e. The van der Waals surface area contributed by atoms with Crippen LogP contribution in [0.2, 0.25) is 0 Å². The molecule has 1 unspecified atom stereocenters. The van der Waals surface area contributed by atoms with Gasteiger partial charge >= 0.3 is 5.97 Å². The molecular weight excluding hydrogens is 364 g/mol. The van der Waals surface area contributed by atoms with E-state index in [9.17, 15) is 18.0 Å². The van der Waals surface area contributed by atoms with Crippen molar-refractivity contribution in [2.75, 3.05) is 13.1 Å². The number of carbonyl (C=O) groups is 2. The summed E-state index contributed by atoms with van der Waals surface area (Å²) in [4.78, 5) is 24.5. The van der Waals surface area contributed by atoms with Gasteiger partial charge in [-0.05, 0) is 40.5 Å². The molecule has 2 rings (SSSR count). The summed E-state index contributed by atoms with van der Waals surface area (Å²) >= 11 is 3.19. The van der Waals surface area contributed by atoms with Gasteiger partial charge < -0.3 is 10.0 Å². The number of carboxylic acids is 1. The van der Waals surface area contributed by atoms with Crippen LogP contribution in [0.3, 0.4) is 0 Å². The standard InChI is InChI=1S/C12H13BrN2O5S/c13-10-2-1-8(21(14,19)20)5-9(10)11(16)15-4-3-7(6-15)12(17)18/h1-2,5,7H,3-4,6H2,(H,17,18)(H2,14,19,20). The third-order valence-electron chi connectivity index (χ3n) is 3.32. The van der Waals surface area contributed by atoms with E-state index in [2.05, 4.69) is 15.9 Å². The van der Waals surface area contributed by atoms with Gasteiger partial charge in [0.2, 0.25) is 10.0 Å². The second-order valence-corrected chi connectivity index (χ2v) is 7.18. The number of likely N-dealkylation sites (tertiary alicyclic amines) is 1. The number of rotatable bonds is 3. The zero-order valence-corrected chi connectivity index (χ0v) is 13.2. The number of hydrogen-bond acceptors (Lipinski definition) is 4. The lowest BCUT2D eigenvalue weighted by Gasteiger charge is -2.17. The average Bonchev–Trinajstić information content (AvgIpc) is 2.86. The zero-order chi connectivity index (χ0) is 15.8. The quantitative estimate of drug-likeness (QED) is 0.802. The third-order valence-corrected chi connectivity index (χ3v) is 4.92. The van der Waals surface area contributed by atoms with Gasteiger partial charge in [-0.3, -0.25) is 9.59 Å². The highest BCUT2D eigenvalue weighted by Gasteiger charge is 2.32. The van der Waals surface area contributed by atoms with E-state index in [1.807, 2.05) is 0 Å². The van der Waals surface area contributed by atoms with Gasteiger partial charge in [-0.1, -0.05) is 0 Å². The summed E-state index contributed by atoms with van der Waals surface area (Å²) in [6.45, 7) is 0.433. The molecule has 7 nitrogen and oxygen atoms in total. The number of carbonyl (C=O) groups excluding carboxylic acids is 1. The molecule has 1 aromatic rings. The van der Waals surface area contributed by atoms with Crippen LogP contribution in [0.25, 0.3) is 0 Å². The molecule has 1 aliphatic heterocycles. The Morgan fingerprint density at radius 3 is 2.57 bits per heavy atom. The highest BCUT2D eigenvalue weighted by molar-refractivity contribution is 9.10. The highest BCUT2D eigenvalue weighted by Crippen LogP contribution is 2.25. The zero-order valence-electron chi connectivity index (χ0n) is 10.8. The van der Waals surface area contributed by atoms with Gasteiger partial charge in [-0.2, -0.15) is 0 Å².